The first kappa shape index (κ1) is 19.6. The van der Waals surface area contributed by atoms with E-state index < -0.39 is 6.04 Å². The molecule has 0 unspecified atom stereocenters. The van der Waals surface area contributed by atoms with Gasteiger partial charge in [0.25, 0.3) is 5.56 Å². The van der Waals surface area contributed by atoms with Crippen LogP contribution < -0.4 is 10.9 Å². The van der Waals surface area contributed by atoms with Crippen LogP contribution in [0.2, 0.25) is 5.02 Å². The number of nitrogens with one attached hydrogen (secondary N) is 1. The van der Waals surface area contributed by atoms with Crippen molar-refractivity contribution in [2.24, 2.45) is 0 Å². The van der Waals surface area contributed by atoms with Gasteiger partial charge in [-0.2, -0.15) is 0 Å². The summed E-state index contributed by atoms with van der Waals surface area (Å²) < 4.78 is 1.48. The molecule has 4 rings (SSSR count). The van der Waals surface area contributed by atoms with Crippen LogP contribution >= 0.6 is 11.6 Å². The Morgan fingerprint density at radius 2 is 2.07 bits per heavy atom. The predicted octanol–water partition coefficient (Wildman–Crippen LogP) is 2.48. The maximum absolute atomic E-state index is 12.8. The summed E-state index contributed by atoms with van der Waals surface area (Å²) in [5, 5.41) is 23.0. The first-order chi connectivity index (χ1) is 14.0. The highest BCUT2D eigenvalue weighted by Crippen LogP contribution is 2.24. The number of halogens is 1. The molecule has 1 saturated carbocycles. The Morgan fingerprint density at radius 1 is 1.24 bits per heavy atom. The Kier molecular flexibility index (Phi) is 5.62. The number of nitrogens with zero attached hydrogens (tertiary/aromatic N) is 3. The molecular weight excluding hydrogens is 392 g/mol. The monoisotopic (exact) mass is 412 g/mol. The topological polar surface area (TPSA) is 100 Å². The summed E-state index contributed by atoms with van der Waals surface area (Å²) in [5.41, 5.74) is 1.78. The zero-order valence-corrected chi connectivity index (χ0v) is 16.3. The van der Waals surface area contributed by atoms with Crippen LogP contribution in [0.25, 0.3) is 11.3 Å². The number of aliphatic hydroxyl groups is 2. The van der Waals surface area contributed by atoms with Gasteiger partial charge in [-0.05, 0) is 42.7 Å². The summed E-state index contributed by atoms with van der Waals surface area (Å²) in [5.74, 6) is 0.468. The molecule has 0 amide bonds. The fourth-order valence-corrected chi connectivity index (χ4v) is 3.65. The molecule has 1 aromatic carbocycles. The standard InChI is InChI=1S/C21H21ClN4O3/c22-15-3-1-2-14(8-15)19(12-27)26-7-5-13(9-20(26)29)18-4-6-23-21(25-18)24-16-10-17(28)11-16/h1-9,16-17,19,27-28H,10-12H2,(H,23,24,25)/t16-,17-,19-/m1/s1. The van der Waals surface area contributed by atoms with Crippen molar-refractivity contribution in [1.82, 2.24) is 14.5 Å². The van der Waals surface area contributed by atoms with Gasteiger partial charge in [-0.15, -0.1) is 0 Å². The van der Waals surface area contributed by atoms with Crippen LogP contribution in [0.4, 0.5) is 5.95 Å². The Morgan fingerprint density at radius 3 is 2.76 bits per heavy atom. The minimum atomic E-state index is -0.525. The number of anilines is 1. The lowest BCUT2D eigenvalue weighted by Gasteiger charge is -2.31. The summed E-state index contributed by atoms with van der Waals surface area (Å²) in [6, 6.07) is 11.8. The second kappa shape index (κ2) is 8.32. The third-order valence-electron chi connectivity index (χ3n) is 5.09. The zero-order valence-electron chi connectivity index (χ0n) is 15.6. The van der Waals surface area contributed by atoms with Gasteiger partial charge in [-0.1, -0.05) is 23.7 Å². The first-order valence-electron chi connectivity index (χ1n) is 9.40. The summed E-state index contributed by atoms with van der Waals surface area (Å²) in [6.45, 7) is -0.228. The molecule has 1 fully saturated rings. The minimum Gasteiger partial charge on any atom is -0.394 e. The average molecular weight is 413 g/mol. The van der Waals surface area contributed by atoms with E-state index in [1.807, 2.05) is 6.07 Å². The molecule has 0 aliphatic heterocycles. The van der Waals surface area contributed by atoms with Crippen LogP contribution in [0.5, 0.6) is 0 Å². The molecule has 7 nitrogen and oxygen atoms in total. The van der Waals surface area contributed by atoms with Gasteiger partial charge in [-0.25, -0.2) is 9.97 Å². The van der Waals surface area contributed by atoms with E-state index in [9.17, 15) is 15.0 Å². The van der Waals surface area contributed by atoms with Crippen molar-refractivity contribution >= 4 is 17.5 Å². The first-order valence-corrected chi connectivity index (χ1v) is 9.78. The van der Waals surface area contributed by atoms with Crippen molar-refractivity contribution in [2.75, 3.05) is 11.9 Å². The number of rotatable bonds is 6. The molecule has 0 radical (unpaired) electrons. The second-order valence-corrected chi connectivity index (χ2v) is 7.58. The lowest BCUT2D eigenvalue weighted by atomic mass is 9.90. The van der Waals surface area contributed by atoms with Crippen LogP contribution in [-0.2, 0) is 0 Å². The van der Waals surface area contributed by atoms with Crippen molar-refractivity contribution in [3.63, 3.8) is 0 Å². The highest BCUT2D eigenvalue weighted by Gasteiger charge is 2.27. The highest BCUT2D eigenvalue weighted by molar-refractivity contribution is 6.30. The van der Waals surface area contributed by atoms with Crippen LogP contribution in [0, 0.1) is 0 Å². The lowest BCUT2D eigenvalue weighted by molar-refractivity contribution is 0.0834. The van der Waals surface area contributed by atoms with Crippen LogP contribution in [0.1, 0.15) is 24.4 Å². The average Bonchev–Trinajstić information content (AvgIpc) is 2.69. The van der Waals surface area contributed by atoms with Gasteiger partial charge in [0.1, 0.15) is 0 Å². The molecule has 8 heteroatoms. The maximum Gasteiger partial charge on any atom is 0.251 e. The van der Waals surface area contributed by atoms with E-state index in [1.54, 1.807) is 42.7 Å². The Balaban J connectivity index is 1.59. The lowest BCUT2D eigenvalue weighted by Crippen LogP contribution is -2.39. The van der Waals surface area contributed by atoms with E-state index in [0.717, 1.165) is 5.56 Å². The molecule has 1 atom stereocenters. The van der Waals surface area contributed by atoms with Crippen molar-refractivity contribution in [3.8, 4) is 11.3 Å². The second-order valence-electron chi connectivity index (χ2n) is 7.15. The summed E-state index contributed by atoms with van der Waals surface area (Å²) >= 11 is 6.05. The van der Waals surface area contributed by atoms with Crippen molar-refractivity contribution in [2.45, 2.75) is 31.0 Å². The molecule has 0 spiro atoms. The summed E-state index contributed by atoms with van der Waals surface area (Å²) in [6.07, 6.45) is 4.37. The number of hydrogen-bond acceptors (Lipinski definition) is 6. The van der Waals surface area contributed by atoms with Gasteiger partial charge in [0.2, 0.25) is 5.95 Å². The van der Waals surface area contributed by atoms with Gasteiger partial charge in [0.15, 0.2) is 0 Å². The van der Waals surface area contributed by atoms with E-state index >= 15 is 0 Å². The van der Waals surface area contributed by atoms with Gasteiger partial charge < -0.3 is 20.1 Å². The maximum atomic E-state index is 12.8. The normalized spacial score (nSPS) is 19.4. The Hall–Kier alpha value is -2.74. The summed E-state index contributed by atoms with van der Waals surface area (Å²) in [4.78, 5) is 21.4. The SMILES string of the molecule is O=c1cc(-c2ccnc(N[C@H]3C[C@H](O)C3)n2)ccn1[C@H](CO)c1cccc(Cl)c1. The molecule has 2 heterocycles. The molecular formula is C21H21ClN4O3. The zero-order chi connectivity index (χ0) is 20.4. The number of benzene rings is 1. The molecule has 3 N–H and O–H groups in total. The molecule has 0 saturated heterocycles. The van der Waals surface area contributed by atoms with Gasteiger partial charge >= 0.3 is 0 Å². The number of pyridine rings is 1. The Labute approximate surface area is 172 Å². The van der Waals surface area contributed by atoms with Gasteiger partial charge in [0.05, 0.1) is 24.4 Å². The molecule has 2 aromatic heterocycles. The van der Waals surface area contributed by atoms with Crippen molar-refractivity contribution in [3.05, 3.63) is 75.8 Å². The molecule has 150 valence electrons. The van der Waals surface area contributed by atoms with Gasteiger partial charge in [-0.3, -0.25) is 4.79 Å². The van der Waals surface area contributed by atoms with Crippen LogP contribution in [-0.4, -0.2) is 43.5 Å². The van der Waals surface area contributed by atoms with Gasteiger partial charge in [0, 0.05) is 35.1 Å². The predicted molar refractivity (Wildman–Crippen MR) is 111 cm³/mol. The van der Waals surface area contributed by atoms with Crippen LogP contribution in [0.15, 0.2) is 59.7 Å². The molecule has 0 bridgehead atoms. The van der Waals surface area contributed by atoms with E-state index in [-0.39, 0.29) is 24.3 Å². The number of hydrogen-bond donors (Lipinski definition) is 3. The van der Waals surface area contributed by atoms with E-state index in [1.165, 1.54) is 10.6 Å². The molecule has 3 aromatic rings. The number of aromatic nitrogens is 3. The van der Waals surface area contributed by atoms with E-state index in [4.69, 9.17) is 11.6 Å². The quantitative estimate of drug-likeness (QED) is 0.575. The Bertz CT molecular complexity index is 1070. The molecule has 29 heavy (non-hydrogen) atoms. The largest absolute Gasteiger partial charge is 0.394 e. The van der Waals surface area contributed by atoms with Crippen molar-refractivity contribution < 1.29 is 10.2 Å². The van der Waals surface area contributed by atoms with E-state index in [0.29, 0.717) is 35.1 Å². The number of aliphatic hydroxyl groups excluding tert-OH is 2. The minimum absolute atomic E-state index is 0.163. The van der Waals surface area contributed by atoms with Crippen LogP contribution in [0.3, 0.4) is 0 Å². The summed E-state index contributed by atoms with van der Waals surface area (Å²) in [7, 11) is 0. The third-order valence-corrected chi connectivity index (χ3v) is 5.32. The molecule has 1 aliphatic rings. The highest BCUT2D eigenvalue weighted by atomic mass is 35.5. The fraction of sp³-hybridized carbons (Fsp3) is 0.286. The third kappa shape index (κ3) is 4.32. The van der Waals surface area contributed by atoms with E-state index in [2.05, 4.69) is 15.3 Å². The smallest absolute Gasteiger partial charge is 0.251 e. The molecule has 1 aliphatic carbocycles. The van der Waals surface area contributed by atoms with Crippen molar-refractivity contribution in [1.29, 1.82) is 0 Å². The fourth-order valence-electron chi connectivity index (χ4n) is 3.45.